The lowest BCUT2D eigenvalue weighted by molar-refractivity contribution is 0.0472. The molecule has 29 heavy (non-hydrogen) atoms. The van der Waals surface area contributed by atoms with Gasteiger partial charge in [-0.05, 0) is 36.4 Å². The highest BCUT2D eigenvalue weighted by Gasteiger charge is 2.16. The number of carbonyl (C=O) groups excluding carboxylic acids is 1. The molecule has 0 bridgehead atoms. The maximum absolute atomic E-state index is 12.3. The summed E-state index contributed by atoms with van der Waals surface area (Å²) in [5, 5.41) is 9.40. The van der Waals surface area contributed by atoms with Crippen molar-refractivity contribution in [1.82, 2.24) is 9.12 Å². The van der Waals surface area contributed by atoms with Gasteiger partial charge >= 0.3 is 5.97 Å². The summed E-state index contributed by atoms with van der Waals surface area (Å²) in [6.45, 7) is 0.335. The van der Waals surface area contributed by atoms with E-state index in [1.54, 1.807) is 16.8 Å². The molecular weight excluding hydrogens is 394 g/mol. The molecule has 0 fully saturated rings. The molecule has 8 nitrogen and oxygen atoms in total. The van der Waals surface area contributed by atoms with E-state index in [1.807, 2.05) is 18.2 Å². The first-order valence-corrected chi connectivity index (χ1v) is 10.2. The number of fused-ring (bicyclic) bond motifs is 1. The Morgan fingerprint density at radius 3 is 2.66 bits per heavy atom. The number of hydrogen-bond donors (Lipinski definition) is 1. The van der Waals surface area contributed by atoms with Gasteiger partial charge in [-0.25, -0.2) is 17.9 Å². The molecule has 2 heterocycles. The smallest absolute Gasteiger partial charge is 0.338 e. The third-order valence-corrected chi connectivity index (χ3v) is 5.71. The molecule has 0 aliphatic heterocycles. The van der Waals surface area contributed by atoms with Crippen molar-refractivity contribution in [1.29, 1.82) is 5.26 Å². The van der Waals surface area contributed by atoms with E-state index in [4.69, 9.17) is 9.47 Å². The first kappa shape index (κ1) is 20.5. The molecule has 0 spiro atoms. The standard InChI is InChI=1S/C20H19N3O5S/c1-27-11-9-22-29(25,26)17-7-5-15(6-8-17)20(24)28-14-16-13-23-10-3-2-4-19(23)18(16)12-21/h2-8,10,13,22H,9,11,14H2,1H3. The Labute approximate surface area is 168 Å². The molecule has 3 aromatic rings. The Kier molecular flexibility index (Phi) is 6.29. The van der Waals surface area contributed by atoms with Gasteiger partial charge in [0.05, 0.1) is 28.1 Å². The lowest BCUT2D eigenvalue weighted by Crippen LogP contribution is -2.27. The third kappa shape index (κ3) is 4.63. The number of nitriles is 1. The van der Waals surface area contributed by atoms with Crippen LogP contribution >= 0.6 is 0 Å². The second-order valence-corrected chi connectivity index (χ2v) is 7.89. The molecule has 0 atom stereocenters. The molecule has 0 aliphatic carbocycles. The number of carbonyl (C=O) groups is 1. The van der Waals surface area contributed by atoms with Crippen LogP contribution < -0.4 is 4.72 Å². The van der Waals surface area contributed by atoms with E-state index >= 15 is 0 Å². The normalized spacial score (nSPS) is 11.3. The minimum atomic E-state index is -3.68. The van der Waals surface area contributed by atoms with E-state index in [9.17, 15) is 18.5 Å². The summed E-state index contributed by atoms with van der Waals surface area (Å²) in [6, 6.07) is 13.0. The number of hydrogen-bond acceptors (Lipinski definition) is 6. The highest BCUT2D eigenvalue weighted by molar-refractivity contribution is 7.89. The van der Waals surface area contributed by atoms with Crippen molar-refractivity contribution in [2.75, 3.05) is 20.3 Å². The van der Waals surface area contributed by atoms with E-state index < -0.39 is 16.0 Å². The number of methoxy groups -OCH3 is 1. The number of esters is 1. The minimum Gasteiger partial charge on any atom is -0.457 e. The zero-order chi connectivity index (χ0) is 20.9. The Morgan fingerprint density at radius 1 is 1.21 bits per heavy atom. The van der Waals surface area contributed by atoms with Crippen LogP contribution in [-0.2, 0) is 26.1 Å². The molecule has 2 aromatic heterocycles. The fourth-order valence-corrected chi connectivity index (χ4v) is 3.79. The van der Waals surface area contributed by atoms with Crippen LogP contribution in [0.25, 0.3) is 5.52 Å². The molecule has 0 saturated heterocycles. The number of nitrogens with zero attached hydrogens (tertiary/aromatic N) is 2. The summed E-state index contributed by atoms with van der Waals surface area (Å²) in [6.07, 6.45) is 3.55. The molecule has 0 aliphatic rings. The summed E-state index contributed by atoms with van der Waals surface area (Å²) < 4.78 is 38.6. The van der Waals surface area contributed by atoms with Crippen LogP contribution in [0.1, 0.15) is 21.5 Å². The van der Waals surface area contributed by atoms with Gasteiger partial charge in [0, 0.05) is 31.6 Å². The van der Waals surface area contributed by atoms with Gasteiger partial charge in [-0.2, -0.15) is 5.26 Å². The first-order valence-electron chi connectivity index (χ1n) is 8.70. The van der Waals surface area contributed by atoms with Gasteiger partial charge in [0.15, 0.2) is 0 Å². The van der Waals surface area contributed by atoms with Crippen molar-refractivity contribution < 1.29 is 22.7 Å². The zero-order valence-corrected chi connectivity index (χ0v) is 16.5. The van der Waals surface area contributed by atoms with Gasteiger partial charge in [-0.15, -0.1) is 0 Å². The lowest BCUT2D eigenvalue weighted by atomic mass is 10.2. The van der Waals surface area contributed by atoms with Crippen molar-refractivity contribution >= 4 is 21.5 Å². The number of benzene rings is 1. The number of pyridine rings is 1. The number of rotatable bonds is 8. The highest BCUT2D eigenvalue weighted by Crippen LogP contribution is 2.19. The zero-order valence-electron chi connectivity index (χ0n) is 15.7. The molecule has 1 N–H and O–H groups in total. The van der Waals surface area contributed by atoms with Gasteiger partial charge in [0.2, 0.25) is 10.0 Å². The molecular formula is C20H19N3O5S. The Balaban J connectivity index is 1.68. The second-order valence-electron chi connectivity index (χ2n) is 6.13. The highest BCUT2D eigenvalue weighted by atomic mass is 32.2. The molecule has 1 aromatic carbocycles. The first-order chi connectivity index (χ1) is 14.0. The molecule has 150 valence electrons. The number of sulfonamides is 1. The topological polar surface area (TPSA) is 110 Å². The number of nitrogens with one attached hydrogen (secondary N) is 1. The quantitative estimate of drug-likeness (QED) is 0.447. The SMILES string of the molecule is COCCNS(=O)(=O)c1ccc(C(=O)OCc2cn3ccccc3c2C#N)cc1. The van der Waals surface area contributed by atoms with Gasteiger partial charge in [-0.1, -0.05) is 6.07 Å². The van der Waals surface area contributed by atoms with Gasteiger partial charge in [0.1, 0.15) is 12.7 Å². The Hall–Kier alpha value is -3.19. The van der Waals surface area contributed by atoms with E-state index in [0.717, 1.165) is 5.52 Å². The van der Waals surface area contributed by atoms with Gasteiger partial charge < -0.3 is 13.9 Å². The summed E-state index contributed by atoms with van der Waals surface area (Å²) in [4.78, 5) is 12.3. The van der Waals surface area contributed by atoms with Crippen molar-refractivity contribution in [3.05, 3.63) is 71.5 Å². The second kappa shape index (κ2) is 8.87. The van der Waals surface area contributed by atoms with Crippen LogP contribution in [0.4, 0.5) is 0 Å². The van der Waals surface area contributed by atoms with Gasteiger partial charge in [-0.3, -0.25) is 0 Å². The summed E-state index contributed by atoms with van der Waals surface area (Å²) >= 11 is 0. The Morgan fingerprint density at radius 2 is 1.97 bits per heavy atom. The molecule has 0 unspecified atom stereocenters. The monoisotopic (exact) mass is 413 g/mol. The summed E-state index contributed by atoms with van der Waals surface area (Å²) in [7, 11) is -2.20. The van der Waals surface area contributed by atoms with Gasteiger partial charge in [0.25, 0.3) is 0 Å². The third-order valence-electron chi connectivity index (χ3n) is 4.23. The fraction of sp³-hybridized carbons (Fsp3) is 0.200. The Bertz CT molecular complexity index is 1160. The predicted molar refractivity (Wildman–Crippen MR) is 105 cm³/mol. The average Bonchev–Trinajstić information content (AvgIpc) is 3.09. The van der Waals surface area contributed by atoms with Crippen molar-refractivity contribution in [3.8, 4) is 6.07 Å². The van der Waals surface area contributed by atoms with E-state index in [1.165, 1.54) is 31.4 Å². The summed E-state index contributed by atoms with van der Waals surface area (Å²) in [5.74, 6) is -0.611. The van der Waals surface area contributed by atoms with E-state index in [2.05, 4.69) is 10.8 Å². The molecule has 0 saturated carbocycles. The van der Waals surface area contributed by atoms with Crippen LogP contribution in [0.5, 0.6) is 0 Å². The summed E-state index contributed by atoms with van der Waals surface area (Å²) in [5.41, 5.74) is 1.98. The van der Waals surface area contributed by atoms with E-state index in [0.29, 0.717) is 11.1 Å². The van der Waals surface area contributed by atoms with Crippen LogP contribution in [0.2, 0.25) is 0 Å². The molecule has 0 amide bonds. The minimum absolute atomic E-state index is 0.0376. The lowest BCUT2D eigenvalue weighted by Gasteiger charge is -2.07. The molecule has 0 radical (unpaired) electrons. The van der Waals surface area contributed by atoms with Crippen LogP contribution in [0.3, 0.4) is 0 Å². The average molecular weight is 413 g/mol. The molecule has 3 rings (SSSR count). The van der Waals surface area contributed by atoms with Crippen LogP contribution in [-0.4, -0.2) is 39.0 Å². The number of aromatic nitrogens is 1. The van der Waals surface area contributed by atoms with Crippen LogP contribution in [0.15, 0.2) is 59.8 Å². The molecule has 9 heteroatoms. The van der Waals surface area contributed by atoms with Crippen LogP contribution in [0, 0.1) is 11.3 Å². The fourth-order valence-electron chi connectivity index (χ4n) is 2.77. The van der Waals surface area contributed by atoms with Crippen molar-refractivity contribution in [3.63, 3.8) is 0 Å². The largest absolute Gasteiger partial charge is 0.457 e. The maximum atomic E-state index is 12.3. The van der Waals surface area contributed by atoms with Crippen molar-refractivity contribution in [2.45, 2.75) is 11.5 Å². The number of ether oxygens (including phenoxy) is 2. The maximum Gasteiger partial charge on any atom is 0.338 e. The van der Waals surface area contributed by atoms with E-state index in [-0.39, 0.29) is 30.2 Å². The predicted octanol–water partition coefficient (Wildman–Crippen LogP) is 2.09. The van der Waals surface area contributed by atoms with Crippen molar-refractivity contribution in [2.24, 2.45) is 0 Å².